The Morgan fingerprint density at radius 2 is 1.77 bits per heavy atom. The lowest BCUT2D eigenvalue weighted by Crippen LogP contribution is -2.24. The molecule has 2 aromatic rings. The zero-order valence-electron chi connectivity index (χ0n) is 17.4. The molecule has 5 nitrogen and oxygen atoms in total. The van der Waals surface area contributed by atoms with Gasteiger partial charge in [0.25, 0.3) is 0 Å². The van der Waals surface area contributed by atoms with E-state index in [0.717, 1.165) is 50.1 Å². The maximum Gasteiger partial charge on any atom is 0.193 e. The van der Waals surface area contributed by atoms with Crippen LogP contribution < -0.4 is 11.1 Å². The molecule has 1 aliphatic heterocycles. The number of aryl methyl sites for hydroxylation is 1. The van der Waals surface area contributed by atoms with Crippen molar-refractivity contribution in [3.8, 4) is 0 Å². The van der Waals surface area contributed by atoms with E-state index in [1.807, 2.05) is 0 Å². The van der Waals surface area contributed by atoms with Crippen LogP contribution in [0.4, 0.5) is 5.69 Å². The predicted molar refractivity (Wildman–Crippen MR) is 133 cm³/mol. The lowest BCUT2D eigenvalue weighted by atomic mass is 9.90. The van der Waals surface area contributed by atoms with E-state index < -0.39 is 0 Å². The first-order valence-corrected chi connectivity index (χ1v) is 10.7. The molecule has 0 atom stereocenters. The van der Waals surface area contributed by atoms with Crippen molar-refractivity contribution in [1.29, 1.82) is 0 Å². The van der Waals surface area contributed by atoms with Crippen molar-refractivity contribution in [1.82, 2.24) is 0 Å². The van der Waals surface area contributed by atoms with Crippen molar-refractivity contribution >= 4 is 35.6 Å². The Kier molecular flexibility index (Phi) is 8.96. The molecule has 1 saturated heterocycles. The Morgan fingerprint density at radius 3 is 2.57 bits per heavy atom. The zero-order chi connectivity index (χ0) is 19.9. The minimum atomic E-state index is 0. The fraction of sp³-hybridized carbons (Fsp3) is 0.458. The molecule has 1 fully saturated rings. The largest absolute Gasteiger partial charge is 0.381 e. The van der Waals surface area contributed by atoms with Crippen LogP contribution in [0, 0.1) is 0 Å². The smallest absolute Gasteiger partial charge is 0.193 e. The molecule has 2 aromatic carbocycles. The average Bonchev–Trinajstić information content (AvgIpc) is 2.78. The topological polar surface area (TPSA) is 68.9 Å². The molecule has 0 spiro atoms. The van der Waals surface area contributed by atoms with E-state index >= 15 is 0 Å². The number of anilines is 1. The highest BCUT2D eigenvalue weighted by Gasteiger charge is 2.14. The highest BCUT2D eigenvalue weighted by molar-refractivity contribution is 14.0. The van der Waals surface area contributed by atoms with Gasteiger partial charge in [-0.2, -0.15) is 0 Å². The van der Waals surface area contributed by atoms with Gasteiger partial charge in [0.1, 0.15) is 0 Å². The van der Waals surface area contributed by atoms with Crippen LogP contribution in [0.1, 0.15) is 47.9 Å². The summed E-state index contributed by atoms with van der Waals surface area (Å²) in [5.74, 6) is 0.468. The summed E-state index contributed by atoms with van der Waals surface area (Å²) in [5, 5.41) is 3.31. The summed E-state index contributed by atoms with van der Waals surface area (Å²) in [6, 6.07) is 14.8. The number of benzene rings is 2. The Balaban J connectivity index is 0.00000256. The highest BCUT2D eigenvalue weighted by Crippen LogP contribution is 2.27. The van der Waals surface area contributed by atoms with Gasteiger partial charge in [-0.1, -0.05) is 36.4 Å². The molecule has 0 aromatic heterocycles. The SMILES string of the molecule is I.NC(=NCc1ccc(COC2CCOCC2)cc1)Nc1cccc2c1CCCC2. The minimum absolute atomic E-state index is 0. The molecule has 1 heterocycles. The van der Waals surface area contributed by atoms with Gasteiger partial charge < -0.3 is 20.5 Å². The molecule has 3 N–H and O–H groups in total. The minimum Gasteiger partial charge on any atom is -0.381 e. The summed E-state index contributed by atoms with van der Waals surface area (Å²) in [5.41, 5.74) is 12.4. The molecule has 2 aliphatic rings. The normalized spacial score (nSPS) is 17.1. The summed E-state index contributed by atoms with van der Waals surface area (Å²) in [7, 11) is 0. The molecule has 0 bridgehead atoms. The number of nitrogens with one attached hydrogen (secondary N) is 1. The number of ether oxygens (including phenoxy) is 2. The number of aliphatic imine (C=N–C) groups is 1. The summed E-state index contributed by atoms with van der Waals surface area (Å²) >= 11 is 0. The quantitative estimate of drug-likeness (QED) is 0.326. The predicted octanol–water partition coefficient (Wildman–Crippen LogP) is 4.81. The summed E-state index contributed by atoms with van der Waals surface area (Å²) in [6.07, 6.45) is 7.09. The summed E-state index contributed by atoms with van der Waals surface area (Å²) in [4.78, 5) is 4.53. The maximum absolute atomic E-state index is 6.16. The number of fused-ring (bicyclic) bond motifs is 1. The number of guanidine groups is 1. The van der Waals surface area contributed by atoms with E-state index in [4.69, 9.17) is 15.2 Å². The second-order valence-electron chi connectivity index (χ2n) is 7.92. The first-order chi connectivity index (χ1) is 14.3. The van der Waals surface area contributed by atoms with Gasteiger partial charge in [-0.3, -0.25) is 0 Å². The molecule has 0 radical (unpaired) electrons. The number of hydrogen-bond acceptors (Lipinski definition) is 3. The van der Waals surface area contributed by atoms with Crippen molar-refractivity contribution in [3.63, 3.8) is 0 Å². The molecule has 1 aliphatic carbocycles. The van der Waals surface area contributed by atoms with Crippen molar-refractivity contribution in [2.45, 2.75) is 57.8 Å². The van der Waals surface area contributed by atoms with Crippen LogP contribution >= 0.6 is 24.0 Å². The average molecular weight is 521 g/mol. The van der Waals surface area contributed by atoms with Gasteiger partial charge in [-0.05, 0) is 66.8 Å². The molecule has 0 saturated carbocycles. The molecule has 30 heavy (non-hydrogen) atoms. The zero-order valence-corrected chi connectivity index (χ0v) is 19.8. The van der Waals surface area contributed by atoms with Gasteiger partial charge in [0, 0.05) is 18.9 Å². The van der Waals surface area contributed by atoms with E-state index in [2.05, 4.69) is 52.8 Å². The third-order valence-corrected chi connectivity index (χ3v) is 5.77. The van der Waals surface area contributed by atoms with Gasteiger partial charge in [-0.15, -0.1) is 24.0 Å². The van der Waals surface area contributed by atoms with Crippen LogP contribution in [0.15, 0.2) is 47.5 Å². The third kappa shape index (κ3) is 6.43. The van der Waals surface area contributed by atoms with E-state index in [1.165, 1.54) is 29.5 Å². The van der Waals surface area contributed by atoms with E-state index in [-0.39, 0.29) is 24.0 Å². The third-order valence-electron chi connectivity index (χ3n) is 5.77. The van der Waals surface area contributed by atoms with Crippen LogP contribution in [0.3, 0.4) is 0 Å². The molecule has 6 heteroatoms. The van der Waals surface area contributed by atoms with Crippen molar-refractivity contribution in [3.05, 3.63) is 64.7 Å². The summed E-state index contributed by atoms with van der Waals surface area (Å²) in [6.45, 7) is 2.83. The van der Waals surface area contributed by atoms with Crippen molar-refractivity contribution < 1.29 is 9.47 Å². The maximum atomic E-state index is 6.16. The van der Waals surface area contributed by atoms with Crippen LogP contribution in [0.25, 0.3) is 0 Å². The fourth-order valence-electron chi connectivity index (χ4n) is 4.05. The van der Waals surface area contributed by atoms with Gasteiger partial charge in [0.05, 0.1) is 19.3 Å². The molecule has 162 valence electrons. The Morgan fingerprint density at radius 1 is 1.03 bits per heavy atom. The van der Waals surface area contributed by atoms with Gasteiger partial charge in [0.2, 0.25) is 0 Å². The standard InChI is InChI=1S/C24H31N3O2.HI/c25-24(27-23-7-3-5-20-4-1-2-6-22(20)23)26-16-18-8-10-19(11-9-18)17-29-21-12-14-28-15-13-21;/h3,5,7-11,21H,1-2,4,6,12-17H2,(H3,25,26,27);1H. The number of hydrogen-bond donors (Lipinski definition) is 2. The highest BCUT2D eigenvalue weighted by atomic mass is 127. The van der Waals surface area contributed by atoms with E-state index in [9.17, 15) is 0 Å². The van der Waals surface area contributed by atoms with Gasteiger partial charge in [0.15, 0.2) is 5.96 Å². The molecular weight excluding hydrogens is 489 g/mol. The Bertz CT molecular complexity index is 833. The number of rotatable bonds is 6. The van der Waals surface area contributed by atoms with Crippen LogP contribution in [0.2, 0.25) is 0 Å². The molecule has 0 unspecified atom stereocenters. The fourth-order valence-corrected chi connectivity index (χ4v) is 4.05. The van der Waals surface area contributed by atoms with E-state index in [1.54, 1.807) is 0 Å². The second kappa shape index (κ2) is 11.7. The van der Waals surface area contributed by atoms with Crippen molar-refractivity contribution in [2.75, 3.05) is 18.5 Å². The van der Waals surface area contributed by atoms with Gasteiger partial charge in [-0.25, -0.2) is 4.99 Å². The van der Waals surface area contributed by atoms with Crippen molar-refractivity contribution in [2.24, 2.45) is 10.7 Å². The molecule has 4 rings (SSSR count). The first kappa shape index (κ1) is 23.0. The molecule has 0 amide bonds. The number of nitrogens with two attached hydrogens (primary N) is 1. The van der Waals surface area contributed by atoms with Crippen LogP contribution in [-0.4, -0.2) is 25.3 Å². The lowest BCUT2D eigenvalue weighted by molar-refractivity contribution is -0.0390. The molecular formula is C24H32IN3O2. The lowest BCUT2D eigenvalue weighted by Gasteiger charge is -2.22. The Labute approximate surface area is 196 Å². The van der Waals surface area contributed by atoms with Crippen LogP contribution in [-0.2, 0) is 35.5 Å². The van der Waals surface area contributed by atoms with Gasteiger partial charge >= 0.3 is 0 Å². The Hall–Kier alpha value is -1.64. The second-order valence-corrected chi connectivity index (χ2v) is 7.92. The monoisotopic (exact) mass is 521 g/mol. The van der Waals surface area contributed by atoms with Crippen LogP contribution in [0.5, 0.6) is 0 Å². The number of halogens is 1. The summed E-state index contributed by atoms with van der Waals surface area (Å²) < 4.78 is 11.4. The van der Waals surface area contributed by atoms with E-state index in [0.29, 0.717) is 25.2 Å². The number of nitrogens with zero attached hydrogens (tertiary/aromatic N) is 1. The first-order valence-electron chi connectivity index (χ1n) is 10.7.